The highest BCUT2D eigenvalue weighted by molar-refractivity contribution is 6.17. The fourth-order valence-electron chi connectivity index (χ4n) is 1.93. The molecule has 0 aliphatic heterocycles. The molecule has 19 heavy (non-hydrogen) atoms. The van der Waals surface area contributed by atoms with Crippen LogP contribution in [0.15, 0.2) is 12.2 Å². The van der Waals surface area contributed by atoms with Gasteiger partial charge in [-0.1, -0.05) is 58.9 Å². The maximum atomic E-state index is 5.94. The van der Waals surface area contributed by atoms with E-state index in [1.165, 1.54) is 0 Å². The molecular weight excluding hydrogens is 258 g/mol. The van der Waals surface area contributed by atoms with Gasteiger partial charge in [0.25, 0.3) is 0 Å². The lowest BCUT2D eigenvalue weighted by molar-refractivity contribution is 0.398. The van der Waals surface area contributed by atoms with Gasteiger partial charge in [-0.25, -0.2) is 4.68 Å². The molecule has 0 saturated heterocycles. The highest BCUT2D eigenvalue weighted by atomic mass is 35.5. The Balaban J connectivity index is 0.00000154. The van der Waals surface area contributed by atoms with E-state index in [-0.39, 0.29) is 5.41 Å². The Morgan fingerprint density at radius 2 is 1.89 bits per heavy atom. The molecule has 0 aromatic carbocycles. The maximum Gasteiger partial charge on any atom is 0.0869 e. The van der Waals surface area contributed by atoms with Gasteiger partial charge in [-0.15, -0.1) is 16.7 Å². The van der Waals surface area contributed by atoms with Crippen LogP contribution < -0.4 is 0 Å². The lowest BCUT2D eigenvalue weighted by Crippen LogP contribution is -2.12. The Bertz CT molecular complexity index is 389. The summed E-state index contributed by atoms with van der Waals surface area (Å²) in [7, 11) is 0. The molecule has 0 fully saturated rings. The third-order valence-electron chi connectivity index (χ3n) is 2.53. The first-order valence-electron chi connectivity index (χ1n) is 7.01. The van der Waals surface area contributed by atoms with Crippen LogP contribution in [0.3, 0.4) is 0 Å². The molecule has 110 valence electrons. The van der Waals surface area contributed by atoms with Gasteiger partial charge in [-0.05, 0) is 18.3 Å². The number of halogens is 1. The number of rotatable bonds is 5. The Morgan fingerprint density at radius 3 is 2.32 bits per heavy atom. The van der Waals surface area contributed by atoms with E-state index in [9.17, 15) is 0 Å². The average Bonchev–Trinajstić information content (AvgIpc) is 2.71. The van der Waals surface area contributed by atoms with Gasteiger partial charge in [0.15, 0.2) is 0 Å². The van der Waals surface area contributed by atoms with Crippen molar-refractivity contribution in [3.63, 3.8) is 0 Å². The second-order valence-corrected chi connectivity index (χ2v) is 5.88. The first-order chi connectivity index (χ1) is 8.87. The summed E-state index contributed by atoms with van der Waals surface area (Å²) in [5, 5.41) is 8.29. The van der Waals surface area contributed by atoms with Crippen LogP contribution in [0, 0.1) is 5.41 Å². The molecular formula is C15H28ClN3. The zero-order valence-corrected chi connectivity index (χ0v) is 14.0. The molecule has 1 aromatic heterocycles. The number of hydrogen-bond donors (Lipinski definition) is 0. The summed E-state index contributed by atoms with van der Waals surface area (Å²) in [5.41, 5.74) is 3.43. The van der Waals surface area contributed by atoms with E-state index in [1.807, 2.05) is 18.5 Å². The molecule has 1 aromatic rings. The zero-order chi connectivity index (χ0) is 15.1. The smallest absolute Gasteiger partial charge is 0.0869 e. The lowest BCUT2D eigenvalue weighted by Gasteiger charge is -2.19. The average molecular weight is 286 g/mol. The predicted molar refractivity (Wildman–Crippen MR) is 83.5 cm³/mol. The molecule has 3 nitrogen and oxygen atoms in total. The molecule has 0 aliphatic rings. The molecule has 1 rings (SSSR count). The number of aromatic nitrogens is 3. The topological polar surface area (TPSA) is 30.7 Å². The highest BCUT2D eigenvalue weighted by Crippen LogP contribution is 2.24. The molecule has 0 atom stereocenters. The van der Waals surface area contributed by atoms with E-state index in [0.29, 0.717) is 12.4 Å². The summed E-state index contributed by atoms with van der Waals surface area (Å²) in [5.74, 6) is 0.457. The quantitative estimate of drug-likeness (QED) is 0.585. The van der Waals surface area contributed by atoms with Gasteiger partial charge >= 0.3 is 0 Å². The summed E-state index contributed by atoms with van der Waals surface area (Å²) in [6.45, 7) is 17.5. The van der Waals surface area contributed by atoms with Crippen LogP contribution in [0.2, 0.25) is 0 Å². The molecule has 4 heteroatoms. The molecule has 0 radical (unpaired) electrons. The van der Waals surface area contributed by atoms with Crippen LogP contribution in [-0.2, 0) is 18.8 Å². The molecule has 0 aliphatic carbocycles. The summed E-state index contributed by atoms with van der Waals surface area (Å²) < 4.78 is 1.87. The second-order valence-electron chi connectivity index (χ2n) is 5.62. The van der Waals surface area contributed by atoms with Crippen molar-refractivity contribution >= 4 is 11.6 Å². The third kappa shape index (κ3) is 6.24. The van der Waals surface area contributed by atoms with Gasteiger partial charge in [-0.3, -0.25) is 0 Å². The van der Waals surface area contributed by atoms with Gasteiger partial charge < -0.3 is 0 Å². The van der Waals surface area contributed by atoms with E-state index in [1.54, 1.807) is 0 Å². The fraction of sp³-hybridized carbons (Fsp3) is 0.733. The van der Waals surface area contributed by atoms with E-state index in [0.717, 1.165) is 29.8 Å². The van der Waals surface area contributed by atoms with Crippen molar-refractivity contribution in [1.29, 1.82) is 0 Å². The minimum atomic E-state index is 0.256. The molecule has 0 bridgehead atoms. The number of nitrogens with zero attached hydrogens (tertiary/aromatic N) is 3. The third-order valence-corrected chi connectivity index (χ3v) is 2.79. The van der Waals surface area contributed by atoms with Crippen LogP contribution in [0.25, 0.3) is 0 Å². The minimum Gasteiger partial charge on any atom is -0.244 e. The Morgan fingerprint density at radius 1 is 1.32 bits per heavy atom. The summed E-state index contributed by atoms with van der Waals surface area (Å²) in [6, 6.07) is 0. The van der Waals surface area contributed by atoms with Gasteiger partial charge in [0.1, 0.15) is 0 Å². The van der Waals surface area contributed by atoms with Crippen molar-refractivity contribution in [1.82, 2.24) is 15.0 Å². The Labute approximate surface area is 123 Å². The normalized spacial score (nSPS) is 10.9. The molecule has 0 spiro atoms. The summed E-state index contributed by atoms with van der Waals surface area (Å²) in [6.07, 6.45) is 1.85. The van der Waals surface area contributed by atoms with Crippen molar-refractivity contribution in [2.45, 2.75) is 66.8 Å². The molecule has 0 saturated carbocycles. The van der Waals surface area contributed by atoms with Crippen molar-refractivity contribution in [2.75, 3.05) is 0 Å². The lowest BCUT2D eigenvalue weighted by atomic mass is 9.88. The predicted octanol–water partition coefficient (Wildman–Crippen LogP) is 4.60. The standard InChI is InChI=1S/C13H22ClN3.C2H6/c1-6-11-12(8-14)17(16-15-11)9-10(2)7-13(3,4)5;1-2/h2,6-9H2,1,3-5H3;1-2H3. The summed E-state index contributed by atoms with van der Waals surface area (Å²) in [4.78, 5) is 0. The van der Waals surface area contributed by atoms with Crippen LogP contribution in [-0.4, -0.2) is 15.0 Å². The van der Waals surface area contributed by atoms with Crippen molar-refractivity contribution in [3.05, 3.63) is 23.5 Å². The largest absolute Gasteiger partial charge is 0.244 e. The molecule has 0 unspecified atom stereocenters. The van der Waals surface area contributed by atoms with Crippen molar-refractivity contribution < 1.29 is 0 Å². The van der Waals surface area contributed by atoms with Gasteiger partial charge in [0, 0.05) is 0 Å². The Kier molecular flexibility index (Phi) is 8.00. The van der Waals surface area contributed by atoms with Gasteiger partial charge in [0.2, 0.25) is 0 Å². The number of alkyl halides is 1. The van der Waals surface area contributed by atoms with Crippen LogP contribution >= 0.6 is 11.6 Å². The molecule has 0 amide bonds. The zero-order valence-electron chi connectivity index (χ0n) is 13.3. The fourth-order valence-corrected chi connectivity index (χ4v) is 2.23. The number of aryl methyl sites for hydroxylation is 1. The van der Waals surface area contributed by atoms with Crippen molar-refractivity contribution in [2.24, 2.45) is 5.41 Å². The van der Waals surface area contributed by atoms with Crippen LogP contribution in [0.4, 0.5) is 0 Å². The van der Waals surface area contributed by atoms with Crippen LogP contribution in [0.5, 0.6) is 0 Å². The number of hydrogen-bond acceptors (Lipinski definition) is 2. The van der Waals surface area contributed by atoms with Gasteiger partial charge in [0.05, 0.1) is 23.8 Å². The van der Waals surface area contributed by atoms with Crippen molar-refractivity contribution in [3.8, 4) is 0 Å². The second kappa shape index (κ2) is 8.36. The first kappa shape index (κ1) is 18.2. The molecule has 1 heterocycles. The van der Waals surface area contributed by atoms with Crippen LogP contribution in [0.1, 0.15) is 59.4 Å². The molecule has 0 N–H and O–H groups in total. The minimum absolute atomic E-state index is 0.256. The summed E-state index contributed by atoms with van der Waals surface area (Å²) >= 11 is 5.94. The van der Waals surface area contributed by atoms with E-state index < -0.39 is 0 Å². The first-order valence-corrected chi connectivity index (χ1v) is 7.54. The maximum absolute atomic E-state index is 5.94. The monoisotopic (exact) mass is 285 g/mol. The highest BCUT2D eigenvalue weighted by Gasteiger charge is 2.15. The Hall–Kier alpha value is -0.830. The van der Waals surface area contributed by atoms with E-state index in [2.05, 4.69) is 44.6 Å². The SMILES string of the molecule is C=C(Cn1nnc(CC)c1CCl)CC(C)(C)C.CC. The van der Waals surface area contributed by atoms with Gasteiger partial charge in [-0.2, -0.15) is 0 Å². The van der Waals surface area contributed by atoms with E-state index >= 15 is 0 Å². The van der Waals surface area contributed by atoms with E-state index in [4.69, 9.17) is 11.6 Å². The number of allylic oxidation sites excluding steroid dienone is 1.